The molecule has 0 N–H and O–H groups in total. The number of ether oxygens (including phenoxy) is 1. The normalized spacial score (nSPS) is 11.6. The van der Waals surface area contributed by atoms with Gasteiger partial charge in [-0.05, 0) is 13.0 Å². The van der Waals surface area contributed by atoms with Crippen LogP contribution in [0.3, 0.4) is 0 Å². The summed E-state index contributed by atoms with van der Waals surface area (Å²) in [6.45, 7) is 1.91. The van der Waals surface area contributed by atoms with Gasteiger partial charge >= 0.3 is 0 Å². The molecule has 19 heavy (non-hydrogen) atoms. The zero-order valence-corrected chi connectivity index (χ0v) is 11.4. The Bertz CT molecular complexity index is 629. The zero-order valence-electron chi connectivity index (χ0n) is 10.6. The summed E-state index contributed by atoms with van der Waals surface area (Å²) in [6.07, 6.45) is 1.49. The fourth-order valence-corrected chi connectivity index (χ4v) is 2.42. The van der Waals surface area contributed by atoms with E-state index in [9.17, 15) is 10.1 Å². The van der Waals surface area contributed by atoms with Gasteiger partial charge in [-0.15, -0.1) is 11.3 Å². The number of ketones is 1. The van der Waals surface area contributed by atoms with Gasteiger partial charge in [0.15, 0.2) is 5.78 Å². The molecule has 96 valence electrons. The Labute approximate surface area is 115 Å². The maximum Gasteiger partial charge on any atom is 0.196 e. The van der Waals surface area contributed by atoms with E-state index in [1.165, 1.54) is 24.6 Å². The largest absolute Gasteiger partial charge is 0.496 e. The monoisotopic (exact) mass is 272 g/mol. The summed E-state index contributed by atoms with van der Waals surface area (Å²) in [5, 5.41) is 9.32. The first-order chi connectivity index (χ1) is 9.17. The number of benzene rings is 1. The first-order valence-electron chi connectivity index (χ1n) is 5.64. The van der Waals surface area contributed by atoms with Crippen LogP contribution >= 0.6 is 11.3 Å². The Hall–Kier alpha value is -2.19. The third-order valence-electron chi connectivity index (χ3n) is 2.76. The Morgan fingerprint density at radius 1 is 1.53 bits per heavy atom. The molecule has 0 aliphatic heterocycles. The standard InChI is InChI=1S/C14H12N2O2S/c1-9-3-4-12(18-2)10(5-9)11(6-15)14(17)13-7-16-8-19-13/h3-5,7-8,11H,1-2H3. The van der Waals surface area contributed by atoms with Crippen LogP contribution in [0.1, 0.15) is 26.7 Å². The van der Waals surface area contributed by atoms with Crippen LogP contribution in [0.15, 0.2) is 29.9 Å². The second-order valence-electron chi connectivity index (χ2n) is 4.04. The second kappa shape index (κ2) is 5.63. The summed E-state index contributed by atoms with van der Waals surface area (Å²) < 4.78 is 5.24. The van der Waals surface area contributed by atoms with Gasteiger partial charge in [0, 0.05) is 11.8 Å². The van der Waals surface area contributed by atoms with Crippen molar-refractivity contribution in [2.24, 2.45) is 0 Å². The number of methoxy groups -OCH3 is 1. The SMILES string of the molecule is COc1ccc(C)cc1C(C#N)C(=O)c1cncs1. The van der Waals surface area contributed by atoms with Crippen molar-refractivity contribution in [2.45, 2.75) is 12.8 Å². The lowest BCUT2D eigenvalue weighted by Gasteiger charge is -2.12. The maximum atomic E-state index is 12.3. The summed E-state index contributed by atoms with van der Waals surface area (Å²) in [7, 11) is 1.53. The van der Waals surface area contributed by atoms with Gasteiger partial charge in [0.2, 0.25) is 0 Å². The number of Topliss-reactive ketones (excluding diaryl/α,β-unsaturated/α-hetero) is 1. The number of carbonyl (C=O) groups excluding carboxylic acids is 1. The van der Waals surface area contributed by atoms with Crippen LogP contribution in [0.25, 0.3) is 0 Å². The van der Waals surface area contributed by atoms with Gasteiger partial charge < -0.3 is 4.74 Å². The van der Waals surface area contributed by atoms with Gasteiger partial charge in [-0.25, -0.2) is 0 Å². The number of nitrogens with zero attached hydrogens (tertiary/aromatic N) is 2. The highest BCUT2D eigenvalue weighted by atomic mass is 32.1. The van der Waals surface area contributed by atoms with Crippen molar-refractivity contribution in [1.82, 2.24) is 4.98 Å². The summed E-state index contributed by atoms with van der Waals surface area (Å²) in [5.74, 6) is -0.556. The van der Waals surface area contributed by atoms with Crippen LogP contribution in [0.5, 0.6) is 5.75 Å². The van der Waals surface area contributed by atoms with Crippen molar-refractivity contribution < 1.29 is 9.53 Å². The van der Waals surface area contributed by atoms with Crippen molar-refractivity contribution in [1.29, 1.82) is 5.26 Å². The predicted octanol–water partition coefficient (Wildman–Crippen LogP) is 2.95. The maximum absolute atomic E-state index is 12.3. The minimum atomic E-state index is -0.865. The quantitative estimate of drug-likeness (QED) is 0.803. The van der Waals surface area contributed by atoms with E-state index in [1.54, 1.807) is 11.6 Å². The highest BCUT2D eigenvalue weighted by Crippen LogP contribution is 2.30. The zero-order chi connectivity index (χ0) is 13.8. The van der Waals surface area contributed by atoms with Crippen LogP contribution < -0.4 is 4.74 Å². The van der Waals surface area contributed by atoms with Gasteiger partial charge in [-0.2, -0.15) is 5.26 Å². The molecule has 1 heterocycles. The number of aryl methyl sites for hydroxylation is 1. The molecule has 0 spiro atoms. The van der Waals surface area contributed by atoms with Gasteiger partial charge in [0.25, 0.3) is 0 Å². The Morgan fingerprint density at radius 2 is 2.32 bits per heavy atom. The van der Waals surface area contributed by atoms with Crippen LogP contribution in [-0.2, 0) is 0 Å². The highest BCUT2D eigenvalue weighted by Gasteiger charge is 2.26. The summed E-state index contributed by atoms with van der Waals surface area (Å²) >= 11 is 1.23. The smallest absolute Gasteiger partial charge is 0.196 e. The molecule has 0 saturated carbocycles. The van der Waals surface area contributed by atoms with Crippen molar-refractivity contribution in [3.05, 3.63) is 45.9 Å². The molecule has 1 unspecified atom stereocenters. The van der Waals surface area contributed by atoms with Gasteiger partial charge in [-0.3, -0.25) is 9.78 Å². The molecule has 0 aliphatic carbocycles. The van der Waals surface area contributed by atoms with E-state index in [4.69, 9.17) is 4.74 Å². The molecular weight excluding hydrogens is 260 g/mol. The lowest BCUT2D eigenvalue weighted by Crippen LogP contribution is -2.11. The predicted molar refractivity (Wildman–Crippen MR) is 72.5 cm³/mol. The van der Waals surface area contributed by atoms with Crippen molar-refractivity contribution >= 4 is 17.1 Å². The number of hydrogen-bond donors (Lipinski definition) is 0. The van der Waals surface area contributed by atoms with E-state index in [1.807, 2.05) is 19.1 Å². The number of aromatic nitrogens is 1. The van der Waals surface area contributed by atoms with Crippen molar-refractivity contribution in [3.63, 3.8) is 0 Å². The molecular formula is C14H12N2O2S. The van der Waals surface area contributed by atoms with E-state index >= 15 is 0 Å². The van der Waals surface area contributed by atoms with Crippen LogP contribution in [0.4, 0.5) is 0 Å². The molecule has 0 radical (unpaired) electrons. The van der Waals surface area contributed by atoms with E-state index in [-0.39, 0.29) is 5.78 Å². The third kappa shape index (κ3) is 2.64. The number of carbonyl (C=O) groups is 1. The van der Waals surface area contributed by atoms with E-state index < -0.39 is 5.92 Å². The van der Waals surface area contributed by atoms with Crippen LogP contribution in [-0.4, -0.2) is 17.9 Å². The number of thiazole rings is 1. The molecule has 5 heteroatoms. The molecule has 0 bridgehead atoms. The highest BCUT2D eigenvalue weighted by molar-refractivity contribution is 7.11. The fraction of sp³-hybridized carbons (Fsp3) is 0.214. The molecule has 1 atom stereocenters. The Morgan fingerprint density at radius 3 is 2.89 bits per heavy atom. The Kier molecular flexibility index (Phi) is 3.93. The van der Waals surface area contributed by atoms with E-state index in [2.05, 4.69) is 11.1 Å². The molecule has 4 nitrogen and oxygen atoms in total. The van der Waals surface area contributed by atoms with Gasteiger partial charge in [0.1, 0.15) is 11.7 Å². The topological polar surface area (TPSA) is 63.0 Å². The van der Waals surface area contributed by atoms with E-state index in [0.29, 0.717) is 16.2 Å². The van der Waals surface area contributed by atoms with E-state index in [0.717, 1.165) is 5.56 Å². The molecule has 0 saturated heterocycles. The molecule has 0 aliphatic rings. The Balaban J connectivity index is 2.46. The van der Waals surface area contributed by atoms with Crippen LogP contribution in [0, 0.1) is 18.3 Å². The fourth-order valence-electron chi connectivity index (χ4n) is 1.83. The number of rotatable bonds is 4. The van der Waals surface area contributed by atoms with Crippen LogP contribution in [0.2, 0.25) is 0 Å². The molecule has 0 amide bonds. The first-order valence-corrected chi connectivity index (χ1v) is 6.52. The minimum absolute atomic E-state index is 0.242. The van der Waals surface area contributed by atoms with Crippen molar-refractivity contribution in [2.75, 3.05) is 7.11 Å². The minimum Gasteiger partial charge on any atom is -0.496 e. The average Bonchev–Trinajstić information content (AvgIpc) is 2.93. The number of nitriles is 1. The lowest BCUT2D eigenvalue weighted by atomic mass is 9.93. The number of hydrogen-bond acceptors (Lipinski definition) is 5. The average molecular weight is 272 g/mol. The second-order valence-corrected chi connectivity index (χ2v) is 4.92. The third-order valence-corrected chi connectivity index (χ3v) is 3.55. The molecule has 2 aromatic rings. The molecule has 1 aromatic heterocycles. The summed E-state index contributed by atoms with van der Waals surface area (Å²) in [6, 6.07) is 7.52. The summed E-state index contributed by atoms with van der Waals surface area (Å²) in [5.41, 5.74) is 3.16. The van der Waals surface area contributed by atoms with Gasteiger partial charge in [0.05, 0.1) is 23.6 Å². The lowest BCUT2D eigenvalue weighted by molar-refractivity contribution is 0.0981. The van der Waals surface area contributed by atoms with Crippen molar-refractivity contribution in [3.8, 4) is 11.8 Å². The van der Waals surface area contributed by atoms with Gasteiger partial charge in [-0.1, -0.05) is 17.7 Å². The molecule has 2 rings (SSSR count). The molecule has 0 fully saturated rings. The molecule has 1 aromatic carbocycles. The first kappa shape index (κ1) is 13.2. The summed E-state index contributed by atoms with van der Waals surface area (Å²) in [4.78, 5) is 16.7.